The Kier molecular flexibility index (Phi) is 6.56. The second-order valence-electron chi connectivity index (χ2n) is 6.70. The molecule has 0 heterocycles. The van der Waals surface area contributed by atoms with E-state index < -0.39 is 0 Å². The molecule has 0 aliphatic heterocycles. The van der Waals surface area contributed by atoms with Crippen molar-refractivity contribution in [3.8, 4) is 5.75 Å². The first kappa shape index (κ1) is 16.4. The van der Waals surface area contributed by atoms with Gasteiger partial charge in [0.2, 0.25) is 0 Å². The van der Waals surface area contributed by atoms with Crippen LogP contribution in [0, 0.1) is 11.3 Å². The lowest BCUT2D eigenvalue weighted by Crippen LogP contribution is -2.35. The second-order valence-corrected chi connectivity index (χ2v) is 6.70. The smallest absolute Gasteiger partial charge is 0.119 e. The van der Waals surface area contributed by atoms with Gasteiger partial charge in [-0.15, -0.1) is 0 Å². The van der Waals surface area contributed by atoms with Crippen LogP contribution in [0.3, 0.4) is 0 Å². The minimum Gasteiger partial charge on any atom is -0.494 e. The van der Waals surface area contributed by atoms with E-state index in [1.807, 2.05) is 30.3 Å². The normalized spacial score (nSPS) is 25.7. The van der Waals surface area contributed by atoms with Gasteiger partial charge in [0.15, 0.2) is 0 Å². The van der Waals surface area contributed by atoms with Crippen molar-refractivity contribution in [3.63, 3.8) is 0 Å². The van der Waals surface area contributed by atoms with Gasteiger partial charge in [0.1, 0.15) is 5.75 Å². The third kappa shape index (κ3) is 5.03. The fourth-order valence-electron chi connectivity index (χ4n) is 3.70. The molecule has 1 aromatic carbocycles. The lowest BCUT2D eigenvalue weighted by Gasteiger charge is -2.39. The zero-order chi connectivity index (χ0) is 15.0. The Labute approximate surface area is 130 Å². The number of para-hydroxylation sites is 1. The zero-order valence-electron chi connectivity index (χ0n) is 13.5. The van der Waals surface area contributed by atoms with Crippen LogP contribution in [0.15, 0.2) is 30.3 Å². The molecule has 0 spiro atoms. The fourth-order valence-corrected chi connectivity index (χ4v) is 3.70. The number of hydrogen-bond acceptors (Lipinski definition) is 2. The molecule has 0 unspecified atom stereocenters. The molecular weight excluding hydrogens is 258 g/mol. The molecular formula is C19H31NO. The summed E-state index contributed by atoms with van der Waals surface area (Å²) >= 11 is 0. The number of nitrogens with two attached hydrogens (primary N) is 1. The van der Waals surface area contributed by atoms with Crippen molar-refractivity contribution in [2.24, 2.45) is 17.1 Å². The number of benzene rings is 1. The average Bonchev–Trinajstić information content (AvgIpc) is 2.55. The molecule has 1 aliphatic carbocycles. The van der Waals surface area contributed by atoms with E-state index in [0.717, 1.165) is 31.2 Å². The summed E-state index contributed by atoms with van der Waals surface area (Å²) in [4.78, 5) is 0. The molecule has 2 rings (SSSR count). The summed E-state index contributed by atoms with van der Waals surface area (Å²) in [6.45, 7) is 3.95. The van der Waals surface area contributed by atoms with Crippen LogP contribution in [0.25, 0.3) is 0 Å². The minimum absolute atomic E-state index is 0.393. The minimum atomic E-state index is 0.393. The monoisotopic (exact) mass is 289 g/mol. The van der Waals surface area contributed by atoms with Crippen LogP contribution >= 0.6 is 0 Å². The van der Waals surface area contributed by atoms with Gasteiger partial charge >= 0.3 is 0 Å². The van der Waals surface area contributed by atoms with Crippen LogP contribution in [0.1, 0.15) is 58.3 Å². The van der Waals surface area contributed by atoms with E-state index in [1.54, 1.807) is 0 Å². The van der Waals surface area contributed by atoms with E-state index in [9.17, 15) is 0 Å². The molecule has 2 N–H and O–H groups in total. The maximum Gasteiger partial charge on any atom is 0.119 e. The van der Waals surface area contributed by atoms with E-state index in [2.05, 4.69) is 6.92 Å². The van der Waals surface area contributed by atoms with E-state index in [1.165, 1.54) is 44.9 Å². The molecule has 2 heteroatoms. The van der Waals surface area contributed by atoms with Crippen molar-refractivity contribution in [2.75, 3.05) is 13.2 Å². The Balaban J connectivity index is 1.70. The molecule has 1 saturated carbocycles. The number of hydrogen-bond donors (Lipinski definition) is 1. The molecule has 0 aromatic heterocycles. The molecule has 21 heavy (non-hydrogen) atoms. The first-order valence-corrected chi connectivity index (χ1v) is 8.66. The summed E-state index contributed by atoms with van der Waals surface area (Å²) in [5, 5.41) is 0. The van der Waals surface area contributed by atoms with Gasteiger partial charge in [-0.2, -0.15) is 0 Å². The largest absolute Gasteiger partial charge is 0.494 e. The molecule has 2 nitrogen and oxygen atoms in total. The predicted molar refractivity (Wildman–Crippen MR) is 89.5 cm³/mol. The van der Waals surface area contributed by atoms with Crippen molar-refractivity contribution in [1.29, 1.82) is 0 Å². The SMILES string of the molecule is CCCC1CCC(CN)(CCCOc2ccccc2)CC1. The second kappa shape index (κ2) is 8.43. The van der Waals surface area contributed by atoms with Crippen molar-refractivity contribution in [2.45, 2.75) is 58.3 Å². The Bertz CT molecular complexity index is 382. The highest BCUT2D eigenvalue weighted by Gasteiger charge is 2.33. The predicted octanol–water partition coefficient (Wildman–Crippen LogP) is 4.78. The first-order chi connectivity index (χ1) is 10.3. The third-order valence-electron chi connectivity index (χ3n) is 5.16. The molecule has 0 bridgehead atoms. The molecule has 1 aromatic rings. The molecule has 0 radical (unpaired) electrons. The van der Waals surface area contributed by atoms with E-state index >= 15 is 0 Å². The summed E-state index contributed by atoms with van der Waals surface area (Å²) in [5.41, 5.74) is 6.50. The first-order valence-electron chi connectivity index (χ1n) is 8.66. The Morgan fingerprint density at radius 1 is 1.19 bits per heavy atom. The summed E-state index contributed by atoms with van der Waals surface area (Å²) in [6.07, 6.45) is 10.5. The maximum atomic E-state index is 6.11. The van der Waals surface area contributed by atoms with Crippen molar-refractivity contribution in [3.05, 3.63) is 30.3 Å². The van der Waals surface area contributed by atoms with Crippen LogP contribution in [-0.4, -0.2) is 13.2 Å². The zero-order valence-corrected chi connectivity index (χ0v) is 13.5. The highest BCUT2D eigenvalue weighted by atomic mass is 16.5. The van der Waals surface area contributed by atoms with Gasteiger partial charge in [-0.05, 0) is 68.5 Å². The standard InChI is InChI=1S/C19H31NO/c1-2-7-17-10-13-19(16-20,14-11-17)12-6-15-21-18-8-4-3-5-9-18/h3-5,8-9,17H,2,6-7,10-16,20H2,1H3. The Morgan fingerprint density at radius 2 is 1.90 bits per heavy atom. The van der Waals surface area contributed by atoms with Crippen molar-refractivity contribution < 1.29 is 4.74 Å². The summed E-state index contributed by atoms with van der Waals surface area (Å²) in [6, 6.07) is 10.1. The van der Waals surface area contributed by atoms with Crippen LogP contribution in [0.4, 0.5) is 0 Å². The average molecular weight is 289 g/mol. The molecule has 118 valence electrons. The number of ether oxygens (including phenoxy) is 1. The van der Waals surface area contributed by atoms with Crippen LogP contribution in [0.5, 0.6) is 5.75 Å². The summed E-state index contributed by atoms with van der Waals surface area (Å²) in [5.74, 6) is 1.93. The van der Waals surface area contributed by atoms with Crippen LogP contribution in [0.2, 0.25) is 0 Å². The van der Waals surface area contributed by atoms with Crippen LogP contribution in [-0.2, 0) is 0 Å². The number of rotatable bonds is 8. The Hall–Kier alpha value is -1.02. The van der Waals surface area contributed by atoms with Gasteiger partial charge < -0.3 is 10.5 Å². The van der Waals surface area contributed by atoms with Gasteiger partial charge in [-0.25, -0.2) is 0 Å². The van der Waals surface area contributed by atoms with Gasteiger partial charge in [0.25, 0.3) is 0 Å². The fraction of sp³-hybridized carbons (Fsp3) is 0.684. The Morgan fingerprint density at radius 3 is 2.52 bits per heavy atom. The highest BCUT2D eigenvalue weighted by Crippen LogP contribution is 2.42. The molecule has 1 fully saturated rings. The summed E-state index contributed by atoms with van der Waals surface area (Å²) < 4.78 is 5.81. The molecule has 0 amide bonds. The van der Waals surface area contributed by atoms with E-state index in [-0.39, 0.29) is 0 Å². The lowest BCUT2D eigenvalue weighted by atomic mass is 9.67. The third-order valence-corrected chi connectivity index (χ3v) is 5.16. The van der Waals surface area contributed by atoms with Gasteiger partial charge in [0, 0.05) is 0 Å². The highest BCUT2D eigenvalue weighted by molar-refractivity contribution is 5.20. The summed E-state index contributed by atoms with van der Waals surface area (Å²) in [7, 11) is 0. The van der Waals surface area contributed by atoms with Gasteiger partial charge in [-0.3, -0.25) is 0 Å². The van der Waals surface area contributed by atoms with E-state index in [0.29, 0.717) is 5.41 Å². The van der Waals surface area contributed by atoms with Gasteiger partial charge in [0.05, 0.1) is 6.61 Å². The topological polar surface area (TPSA) is 35.2 Å². The van der Waals surface area contributed by atoms with E-state index in [4.69, 9.17) is 10.5 Å². The molecule has 0 saturated heterocycles. The molecule has 0 atom stereocenters. The lowest BCUT2D eigenvalue weighted by molar-refractivity contribution is 0.128. The van der Waals surface area contributed by atoms with Gasteiger partial charge in [-0.1, -0.05) is 38.0 Å². The quantitative estimate of drug-likeness (QED) is 0.699. The maximum absolute atomic E-state index is 6.11. The molecule has 1 aliphatic rings. The van der Waals surface area contributed by atoms with Crippen LogP contribution < -0.4 is 10.5 Å². The van der Waals surface area contributed by atoms with Crippen molar-refractivity contribution in [1.82, 2.24) is 0 Å². The van der Waals surface area contributed by atoms with Crippen molar-refractivity contribution >= 4 is 0 Å².